The van der Waals surface area contributed by atoms with E-state index in [4.69, 9.17) is 37.4 Å². The van der Waals surface area contributed by atoms with Gasteiger partial charge in [-0.05, 0) is 18.2 Å². The molecule has 0 aliphatic heterocycles. The van der Waals surface area contributed by atoms with Crippen LogP contribution in [0.1, 0.15) is 5.56 Å². The number of nitrogens with zero attached hydrogens (tertiary/aromatic N) is 2. The minimum Gasteiger partial charge on any atom is -0.496 e. The van der Waals surface area contributed by atoms with E-state index < -0.39 is 10.8 Å². The number of rotatable bonds is 8. The third kappa shape index (κ3) is 5.48. The lowest BCUT2D eigenvalue weighted by Gasteiger charge is -2.08. The van der Waals surface area contributed by atoms with Gasteiger partial charge in [-0.2, -0.15) is 5.10 Å². The van der Waals surface area contributed by atoms with Crippen molar-refractivity contribution < 1.29 is 23.9 Å². The van der Waals surface area contributed by atoms with Crippen LogP contribution in [0, 0.1) is 10.1 Å². The Morgan fingerprint density at radius 2 is 1.89 bits per heavy atom. The topological polar surface area (TPSA) is 112 Å². The van der Waals surface area contributed by atoms with Crippen LogP contribution in [0.2, 0.25) is 10.0 Å². The summed E-state index contributed by atoms with van der Waals surface area (Å²) in [5.74, 6) is 0.0443. The Morgan fingerprint density at radius 3 is 2.50 bits per heavy atom. The van der Waals surface area contributed by atoms with Crippen LogP contribution in [-0.4, -0.2) is 37.9 Å². The van der Waals surface area contributed by atoms with Gasteiger partial charge >= 0.3 is 5.69 Å². The number of nitro benzene ring substituents is 1. The molecule has 0 aromatic heterocycles. The Kier molecular flexibility index (Phi) is 7.42. The molecule has 0 radical (unpaired) electrons. The Labute approximate surface area is 169 Å². The standard InChI is InChI=1S/C17H15Cl2N3O6/c1-26-15-7-16(27-2)13(22(24)25)5-10(15)8-20-21-17(23)9-28-14-4-3-11(18)6-12(14)19/h3-8H,9H2,1-2H3,(H,21,23)/b20-8-. The van der Waals surface area contributed by atoms with Crippen LogP contribution in [0.15, 0.2) is 35.4 Å². The van der Waals surface area contributed by atoms with Crippen LogP contribution in [0.3, 0.4) is 0 Å². The predicted molar refractivity (Wildman–Crippen MR) is 104 cm³/mol. The zero-order valence-corrected chi connectivity index (χ0v) is 16.3. The van der Waals surface area contributed by atoms with Crippen LogP contribution in [0.4, 0.5) is 5.69 Å². The highest BCUT2D eigenvalue weighted by Gasteiger charge is 2.19. The summed E-state index contributed by atoms with van der Waals surface area (Å²) in [6.07, 6.45) is 1.21. The van der Waals surface area contributed by atoms with Crippen molar-refractivity contribution in [2.24, 2.45) is 5.10 Å². The average Bonchev–Trinajstić information content (AvgIpc) is 2.66. The molecule has 0 spiro atoms. The summed E-state index contributed by atoms with van der Waals surface area (Å²) in [6, 6.07) is 7.16. The third-order valence-corrected chi connectivity index (χ3v) is 3.90. The number of hydrazone groups is 1. The van der Waals surface area contributed by atoms with Crippen molar-refractivity contribution in [2.45, 2.75) is 0 Å². The van der Waals surface area contributed by atoms with Crippen LogP contribution in [0.25, 0.3) is 0 Å². The molecule has 0 saturated heterocycles. The molecular weight excluding hydrogens is 413 g/mol. The fraction of sp³-hybridized carbons (Fsp3) is 0.176. The highest BCUT2D eigenvalue weighted by atomic mass is 35.5. The van der Waals surface area contributed by atoms with Crippen molar-refractivity contribution in [1.29, 1.82) is 0 Å². The number of hydrogen-bond acceptors (Lipinski definition) is 7. The molecule has 0 bridgehead atoms. The lowest BCUT2D eigenvalue weighted by atomic mass is 10.1. The number of nitro groups is 1. The van der Waals surface area contributed by atoms with Crippen molar-refractivity contribution in [3.05, 3.63) is 56.1 Å². The predicted octanol–water partition coefficient (Wildman–Crippen LogP) is 3.45. The first-order chi connectivity index (χ1) is 13.3. The lowest BCUT2D eigenvalue weighted by molar-refractivity contribution is -0.385. The molecule has 28 heavy (non-hydrogen) atoms. The van der Waals surface area contributed by atoms with Crippen LogP contribution < -0.4 is 19.6 Å². The maximum absolute atomic E-state index is 11.8. The van der Waals surface area contributed by atoms with Crippen molar-refractivity contribution in [3.63, 3.8) is 0 Å². The molecule has 9 nitrogen and oxygen atoms in total. The first-order valence-electron chi connectivity index (χ1n) is 7.66. The maximum Gasteiger partial charge on any atom is 0.311 e. The molecular formula is C17H15Cl2N3O6. The molecule has 0 aliphatic carbocycles. The van der Waals surface area contributed by atoms with Crippen LogP contribution in [-0.2, 0) is 4.79 Å². The second-order valence-corrected chi connectivity index (χ2v) is 6.02. The number of methoxy groups -OCH3 is 2. The van der Waals surface area contributed by atoms with E-state index in [1.54, 1.807) is 6.07 Å². The normalized spacial score (nSPS) is 10.6. The number of hydrogen-bond donors (Lipinski definition) is 1. The molecule has 0 unspecified atom stereocenters. The number of ether oxygens (including phenoxy) is 3. The number of benzene rings is 2. The Morgan fingerprint density at radius 1 is 1.18 bits per heavy atom. The van der Waals surface area contributed by atoms with Gasteiger partial charge in [-0.1, -0.05) is 23.2 Å². The molecule has 1 amide bonds. The zero-order chi connectivity index (χ0) is 20.7. The van der Waals surface area contributed by atoms with Crippen molar-refractivity contribution in [1.82, 2.24) is 5.43 Å². The largest absolute Gasteiger partial charge is 0.496 e. The summed E-state index contributed by atoms with van der Waals surface area (Å²) in [6.45, 7) is -0.349. The zero-order valence-electron chi connectivity index (χ0n) is 14.8. The molecule has 2 aromatic carbocycles. The summed E-state index contributed by atoms with van der Waals surface area (Å²) < 4.78 is 15.4. The van der Waals surface area contributed by atoms with Gasteiger partial charge in [-0.3, -0.25) is 14.9 Å². The van der Waals surface area contributed by atoms with E-state index in [1.165, 1.54) is 44.7 Å². The first-order valence-corrected chi connectivity index (χ1v) is 8.41. The molecule has 1 N–H and O–H groups in total. The van der Waals surface area contributed by atoms with E-state index in [2.05, 4.69) is 10.5 Å². The van der Waals surface area contributed by atoms with E-state index >= 15 is 0 Å². The van der Waals surface area contributed by atoms with Crippen molar-refractivity contribution in [2.75, 3.05) is 20.8 Å². The number of halogens is 2. The van der Waals surface area contributed by atoms with Crippen LogP contribution >= 0.6 is 23.2 Å². The Balaban J connectivity index is 2.04. The molecule has 11 heteroatoms. The minimum absolute atomic E-state index is 0.0382. The van der Waals surface area contributed by atoms with Crippen LogP contribution in [0.5, 0.6) is 17.2 Å². The second-order valence-electron chi connectivity index (χ2n) is 5.18. The average molecular weight is 428 g/mol. The van der Waals surface area contributed by atoms with Gasteiger partial charge in [0.15, 0.2) is 6.61 Å². The summed E-state index contributed by atoms with van der Waals surface area (Å²) in [4.78, 5) is 22.4. The number of nitrogens with one attached hydrogen (secondary N) is 1. The SMILES string of the molecule is COc1cc(OC)c([N+](=O)[O-])cc1/C=N\NC(=O)COc1ccc(Cl)cc1Cl. The van der Waals surface area contributed by atoms with Crippen molar-refractivity contribution >= 4 is 41.0 Å². The van der Waals surface area contributed by atoms with Gasteiger partial charge < -0.3 is 14.2 Å². The maximum atomic E-state index is 11.8. The molecule has 0 fully saturated rings. The second kappa shape index (κ2) is 9.77. The number of carbonyl (C=O) groups excluding carboxylic acids is 1. The highest BCUT2D eigenvalue weighted by Crippen LogP contribution is 2.33. The monoisotopic (exact) mass is 427 g/mol. The molecule has 2 rings (SSSR count). The van der Waals surface area contributed by atoms with Gasteiger partial charge in [0.25, 0.3) is 5.91 Å². The molecule has 0 heterocycles. The van der Waals surface area contributed by atoms with Gasteiger partial charge in [0.05, 0.1) is 30.4 Å². The summed E-state index contributed by atoms with van der Waals surface area (Å²) in [5.41, 5.74) is 2.25. The van der Waals surface area contributed by atoms with Gasteiger partial charge in [0.1, 0.15) is 11.5 Å². The third-order valence-electron chi connectivity index (χ3n) is 3.37. The fourth-order valence-corrected chi connectivity index (χ4v) is 2.55. The van der Waals surface area contributed by atoms with E-state index in [-0.39, 0.29) is 40.1 Å². The molecule has 148 valence electrons. The number of amides is 1. The van der Waals surface area contributed by atoms with E-state index in [0.29, 0.717) is 5.02 Å². The summed E-state index contributed by atoms with van der Waals surface area (Å²) in [7, 11) is 2.70. The van der Waals surface area contributed by atoms with Gasteiger partial charge in [-0.15, -0.1) is 0 Å². The molecule has 0 aliphatic rings. The van der Waals surface area contributed by atoms with Gasteiger partial charge in [-0.25, -0.2) is 5.43 Å². The quantitative estimate of drug-likeness (QED) is 0.392. The Bertz CT molecular complexity index is 920. The molecule has 0 saturated carbocycles. The van der Waals surface area contributed by atoms with Gasteiger partial charge in [0.2, 0.25) is 5.75 Å². The van der Waals surface area contributed by atoms with E-state index in [9.17, 15) is 14.9 Å². The minimum atomic E-state index is -0.599. The first kappa shape index (κ1) is 21.3. The van der Waals surface area contributed by atoms with E-state index in [0.717, 1.165) is 0 Å². The van der Waals surface area contributed by atoms with Gasteiger partial charge in [0, 0.05) is 22.7 Å². The highest BCUT2D eigenvalue weighted by molar-refractivity contribution is 6.35. The van der Waals surface area contributed by atoms with Crippen molar-refractivity contribution in [3.8, 4) is 17.2 Å². The smallest absolute Gasteiger partial charge is 0.311 e. The lowest BCUT2D eigenvalue weighted by Crippen LogP contribution is -2.24. The summed E-state index contributed by atoms with van der Waals surface area (Å²) in [5, 5.41) is 15.6. The Hall–Kier alpha value is -3.04. The molecule has 2 aromatic rings. The van der Waals surface area contributed by atoms with E-state index in [1.807, 2.05) is 0 Å². The number of carbonyl (C=O) groups is 1. The summed E-state index contributed by atoms with van der Waals surface area (Å²) >= 11 is 11.7. The molecule has 0 atom stereocenters. The fourth-order valence-electron chi connectivity index (χ4n) is 2.09.